The Kier molecular flexibility index (Phi) is 3.85. The van der Waals surface area contributed by atoms with Gasteiger partial charge in [0, 0.05) is 6.54 Å². The van der Waals surface area contributed by atoms with Gasteiger partial charge >= 0.3 is 5.69 Å². The van der Waals surface area contributed by atoms with Gasteiger partial charge in [-0.3, -0.25) is 10.1 Å². The fourth-order valence-corrected chi connectivity index (χ4v) is 3.99. The van der Waals surface area contributed by atoms with Crippen molar-refractivity contribution in [3.63, 3.8) is 0 Å². The first-order valence-electron chi connectivity index (χ1n) is 5.48. The van der Waals surface area contributed by atoms with Crippen LogP contribution in [0.3, 0.4) is 0 Å². The topological polar surface area (TPSA) is 115 Å². The predicted molar refractivity (Wildman–Crippen MR) is 68.9 cm³/mol. The number of sulfone groups is 1. The fourth-order valence-electron chi connectivity index (χ4n) is 1.92. The first kappa shape index (κ1) is 13.9. The van der Waals surface area contributed by atoms with Gasteiger partial charge in [0.05, 0.1) is 16.4 Å². The number of halogens is 1. The van der Waals surface area contributed by atoms with E-state index in [-0.39, 0.29) is 28.4 Å². The summed E-state index contributed by atoms with van der Waals surface area (Å²) in [4.78, 5) is 17.5. The molecule has 2 rings (SSSR count). The minimum Gasteiger partial charge on any atom is -0.364 e. The second-order valence-corrected chi connectivity index (χ2v) is 6.86. The Balaban J connectivity index is 2.08. The molecule has 19 heavy (non-hydrogen) atoms. The SMILES string of the molecule is O=[N+]([O-])c1c(Cl)ncnc1NCC1CCS(=O)(=O)C1. The van der Waals surface area contributed by atoms with Crippen LogP contribution >= 0.6 is 11.6 Å². The number of rotatable bonds is 4. The quantitative estimate of drug-likeness (QED) is 0.499. The van der Waals surface area contributed by atoms with Crippen molar-refractivity contribution in [2.75, 3.05) is 23.4 Å². The lowest BCUT2D eigenvalue weighted by Crippen LogP contribution is -2.17. The van der Waals surface area contributed by atoms with E-state index in [1.807, 2.05) is 0 Å². The molecule has 0 aromatic carbocycles. The smallest absolute Gasteiger partial charge is 0.348 e. The van der Waals surface area contributed by atoms with Crippen LogP contribution in [0.5, 0.6) is 0 Å². The Labute approximate surface area is 114 Å². The highest BCUT2D eigenvalue weighted by Gasteiger charge is 2.29. The Morgan fingerprint density at radius 2 is 2.26 bits per heavy atom. The molecule has 0 spiro atoms. The third-order valence-corrected chi connectivity index (χ3v) is 4.96. The number of nitro groups is 1. The van der Waals surface area contributed by atoms with Crippen molar-refractivity contribution in [2.24, 2.45) is 5.92 Å². The summed E-state index contributed by atoms with van der Waals surface area (Å²) in [6.45, 7) is 0.299. The van der Waals surface area contributed by atoms with E-state index in [9.17, 15) is 18.5 Å². The summed E-state index contributed by atoms with van der Waals surface area (Å²) in [5.41, 5.74) is -0.398. The molecule has 1 aromatic rings. The maximum atomic E-state index is 11.3. The molecule has 1 aliphatic heterocycles. The molecule has 0 bridgehead atoms. The highest BCUT2D eigenvalue weighted by molar-refractivity contribution is 7.91. The van der Waals surface area contributed by atoms with Gasteiger partial charge in [-0.05, 0) is 12.3 Å². The number of anilines is 1. The van der Waals surface area contributed by atoms with Crippen molar-refractivity contribution in [3.8, 4) is 0 Å². The summed E-state index contributed by atoms with van der Waals surface area (Å²) in [6.07, 6.45) is 1.66. The van der Waals surface area contributed by atoms with E-state index in [4.69, 9.17) is 11.6 Å². The van der Waals surface area contributed by atoms with Crippen LogP contribution in [0.2, 0.25) is 5.15 Å². The summed E-state index contributed by atoms with van der Waals surface area (Å²) >= 11 is 5.64. The van der Waals surface area contributed by atoms with E-state index in [0.29, 0.717) is 13.0 Å². The summed E-state index contributed by atoms with van der Waals surface area (Å²) in [7, 11) is -2.97. The largest absolute Gasteiger partial charge is 0.364 e. The molecule has 10 heteroatoms. The summed E-state index contributed by atoms with van der Waals surface area (Å²) in [5.74, 6) is 0.186. The van der Waals surface area contributed by atoms with Gasteiger partial charge in [-0.1, -0.05) is 11.6 Å². The van der Waals surface area contributed by atoms with E-state index in [2.05, 4.69) is 15.3 Å². The first-order valence-corrected chi connectivity index (χ1v) is 7.68. The predicted octanol–water partition coefficient (Wildman–Crippen LogP) is 0.885. The van der Waals surface area contributed by atoms with Crippen LogP contribution in [0.25, 0.3) is 0 Å². The third kappa shape index (κ3) is 3.29. The van der Waals surface area contributed by atoms with E-state index >= 15 is 0 Å². The minimum atomic E-state index is -2.97. The second-order valence-electron chi connectivity index (χ2n) is 4.27. The zero-order valence-electron chi connectivity index (χ0n) is 9.74. The van der Waals surface area contributed by atoms with E-state index in [1.165, 1.54) is 0 Å². The number of aromatic nitrogens is 2. The van der Waals surface area contributed by atoms with Gasteiger partial charge in [0.25, 0.3) is 0 Å². The van der Waals surface area contributed by atoms with Crippen molar-refractivity contribution in [2.45, 2.75) is 6.42 Å². The first-order chi connectivity index (χ1) is 8.89. The molecule has 1 atom stereocenters. The van der Waals surface area contributed by atoms with E-state index in [1.54, 1.807) is 0 Å². The average Bonchev–Trinajstić information content (AvgIpc) is 2.66. The molecule has 0 saturated carbocycles. The molecule has 1 aromatic heterocycles. The summed E-state index contributed by atoms with van der Waals surface area (Å²) in [5, 5.41) is 13.4. The molecular weight excluding hydrogens is 296 g/mol. The lowest BCUT2D eigenvalue weighted by atomic mass is 10.1. The number of nitrogens with one attached hydrogen (secondary N) is 1. The molecule has 1 aliphatic rings. The van der Waals surface area contributed by atoms with Crippen molar-refractivity contribution >= 4 is 32.9 Å². The van der Waals surface area contributed by atoms with Crippen LogP contribution in [0.1, 0.15) is 6.42 Å². The van der Waals surface area contributed by atoms with Crippen LogP contribution in [0.4, 0.5) is 11.5 Å². The molecule has 2 heterocycles. The Morgan fingerprint density at radius 1 is 1.53 bits per heavy atom. The number of hydrogen-bond donors (Lipinski definition) is 1. The molecule has 0 radical (unpaired) electrons. The lowest BCUT2D eigenvalue weighted by molar-refractivity contribution is -0.384. The highest BCUT2D eigenvalue weighted by Crippen LogP contribution is 2.29. The van der Waals surface area contributed by atoms with Gasteiger partial charge in [-0.25, -0.2) is 18.4 Å². The normalized spacial score (nSPS) is 21.2. The van der Waals surface area contributed by atoms with Crippen LogP contribution in [-0.4, -0.2) is 41.4 Å². The molecule has 104 valence electrons. The summed E-state index contributed by atoms with van der Waals surface area (Å²) in [6, 6.07) is 0. The molecule has 0 amide bonds. The van der Waals surface area contributed by atoms with Crippen LogP contribution in [-0.2, 0) is 9.84 Å². The highest BCUT2D eigenvalue weighted by atomic mass is 35.5. The molecule has 1 saturated heterocycles. The number of hydrogen-bond acceptors (Lipinski definition) is 7. The van der Waals surface area contributed by atoms with Gasteiger partial charge in [0.2, 0.25) is 11.0 Å². The van der Waals surface area contributed by atoms with E-state index in [0.717, 1.165) is 6.33 Å². The van der Waals surface area contributed by atoms with Crippen LogP contribution in [0.15, 0.2) is 6.33 Å². The average molecular weight is 307 g/mol. The Morgan fingerprint density at radius 3 is 2.84 bits per heavy atom. The van der Waals surface area contributed by atoms with Crippen LogP contribution < -0.4 is 5.32 Å². The van der Waals surface area contributed by atoms with E-state index < -0.39 is 20.4 Å². The zero-order valence-corrected chi connectivity index (χ0v) is 11.3. The van der Waals surface area contributed by atoms with Gasteiger partial charge < -0.3 is 5.32 Å². The lowest BCUT2D eigenvalue weighted by Gasteiger charge is -2.10. The standard InChI is InChI=1S/C9H11ClN4O4S/c10-8-7(14(15)16)9(13-5-12-8)11-3-6-1-2-19(17,18)4-6/h5-6H,1-4H2,(H,11,12,13). The Bertz CT molecular complexity index is 606. The number of nitrogens with zero attached hydrogens (tertiary/aromatic N) is 3. The molecule has 0 aliphatic carbocycles. The van der Waals surface area contributed by atoms with Crippen LogP contribution in [0, 0.1) is 16.0 Å². The van der Waals surface area contributed by atoms with Crippen molar-refractivity contribution in [3.05, 3.63) is 21.6 Å². The maximum Gasteiger partial charge on any atom is 0.348 e. The van der Waals surface area contributed by atoms with Gasteiger partial charge in [-0.15, -0.1) is 0 Å². The molecule has 1 fully saturated rings. The third-order valence-electron chi connectivity index (χ3n) is 2.85. The second kappa shape index (κ2) is 5.25. The van der Waals surface area contributed by atoms with Crippen molar-refractivity contribution in [1.29, 1.82) is 0 Å². The molecular formula is C9H11ClN4O4S. The summed E-state index contributed by atoms with van der Waals surface area (Å²) < 4.78 is 22.6. The molecule has 8 nitrogen and oxygen atoms in total. The van der Waals surface area contributed by atoms with Gasteiger partial charge in [0.1, 0.15) is 6.33 Å². The van der Waals surface area contributed by atoms with Crippen molar-refractivity contribution < 1.29 is 13.3 Å². The van der Waals surface area contributed by atoms with Gasteiger partial charge in [-0.2, -0.15) is 0 Å². The minimum absolute atomic E-state index is 0.00861. The zero-order chi connectivity index (χ0) is 14.0. The Hall–Kier alpha value is -1.48. The molecule has 1 unspecified atom stereocenters. The van der Waals surface area contributed by atoms with Crippen molar-refractivity contribution in [1.82, 2.24) is 9.97 Å². The molecule has 1 N–H and O–H groups in total. The maximum absolute atomic E-state index is 11.3. The monoisotopic (exact) mass is 306 g/mol. The van der Waals surface area contributed by atoms with Gasteiger partial charge in [0.15, 0.2) is 9.84 Å². The fraction of sp³-hybridized carbons (Fsp3) is 0.556.